The number of thiophene rings is 1. The van der Waals surface area contributed by atoms with Gasteiger partial charge in [-0.3, -0.25) is 14.4 Å². The molecule has 3 rings (SSSR count). The fourth-order valence-corrected chi connectivity index (χ4v) is 6.26. The summed E-state index contributed by atoms with van der Waals surface area (Å²) in [5.41, 5.74) is 9.38. The first-order valence-electron chi connectivity index (χ1n) is 11.1. The van der Waals surface area contributed by atoms with Gasteiger partial charge >= 0.3 is 5.97 Å². The van der Waals surface area contributed by atoms with Gasteiger partial charge in [-0.2, -0.15) is 0 Å². The molecule has 3 atom stereocenters. The molecular formula is C24H34N2O4S. The van der Waals surface area contributed by atoms with E-state index in [9.17, 15) is 19.5 Å². The predicted molar refractivity (Wildman–Crippen MR) is 123 cm³/mol. The number of carbonyl (C=O) groups excluding carboxylic acids is 2. The Balaban J connectivity index is 1.89. The Kier molecular flexibility index (Phi) is 6.65. The second kappa shape index (κ2) is 8.77. The Labute approximate surface area is 188 Å². The summed E-state index contributed by atoms with van der Waals surface area (Å²) < 4.78 is 0. The molecule has 1 aromatic rings. The normalized spacial score (nSPS) is 24.0. The van der Waals surface area contributed by atoms with Crippen molar-refractivity contribution in [3.63, 3.8) is 0 Å². The molecule has 4 N–H and O–H groups in total. The average molecular weight is 447 g/mol. The molecule has 1 heterocycles. The third-order valence-electron chi connectivity index (χ3n) is 7.69. The van der Waals surface area contributed by atoms with Crippen LogP contribution in [0.1, 0.15) is 81.1 Å². The zero-order chi connectivity index (χ0) is 23.1. The summed E-state index contributed by atoms with van der Waals surface area (Å²) in [5.74, 6) is -2.74. The lowest BCUT2D eigenvalue weighted by Gasteiger charge is -2.36. The van der Waals surface area contributed by atoms with Crippen LogP contribution in [0.4, 0.5) is 5.00 Å². The highest BCUT2D eigenvalue weighted by atomic mass is 32.1. The van der Waals surface area contributed by atoms with Crippen molar-refractivity contribution in [2.24, 2.45) is 28.9 Å². The quantitative estimate of drug-likeness (QED) is 0.547. The highest BCUT2D eigenvalue weighted by molar-refractivity contribution is 7.17. The van der Waals surface area contributed by atoms with Gasteiger partial charge in [0, 0.05) is 4.88 Å². The summed E-state index contributed by atoms with van der Waals surface area (Å²) in [7, 11) is 0. The second-order valence-electron chi connectivity index (χ2n) is 9.86. The van der Waals surface area contributed by atoms with E-state index in [2.05, 4.69) is 26.1 Å². The van der Waals surface area contributed by atoms with Gasteiger partial charge in [0.1, 0.15) is 5.00 Å². The monoisotopic (exact) mass is 446 g/mol. The number of rotatable bonds is 6. The maximum atomic E-state index is 13.1. The number of fused-ring (bicyclic) bond motifs is 1. The minimum Gasteiger partial charge on any atom is -0.481 e. The van der Waals surface area contributed by atoms with E-state index in [1.165, 1.54) is 11.3 Å². The fraction of sp³-hybridized carbons (Fsp3) is 0.625. The molecular weight excluding hydrogens is 412 g/mol. The first kappa shape index (κ1) is 23.5. The SMILES string of the molecule is CCC(C)(C)[C@@H]1CCc2c(sc(NC(=O)[C@@H]3CC(C)=C(C)C[C@@H]3C(=O)O)c2C(N)=O)C1. The van der Waals surface area contributed by atoms with Crippen molar-refractivity contribution in [1.82, 2.24) is 0 Å². The molecule has 0 radical (unpaired) electrons. The van der Waals surface area contributed by atoms with Gasteiger partial charge in [-0.1, -0.05) is 38.3 Å². The van der Waals surface area contributed by atoms with E-state index in [1.807, 2.05) is 13.8 Å². The summed E-state index contributed by atoms with van der Waals surface area (Å²) in [6.45, 7) is 10.6. The smallest absolute Gasteiger partial charge is 0.307 e. The number of carboxylic acid groups (broad SMARTS) is 1. The number of nitrogens with two attached hydrogens (primary N) is 1. The van der Waals surface area contributed by atoms with E-state index < -0.39 is 23.7 Å². The molecule has 7 heteroatoms. The molecule has 6 nitrogen and oxygen atoms in total. The van der Waals surface area contributed by atoms with Crippen molar-refractivity contribution in [3.05, 3.63) is 27.2 Å². The number of allylic oxidation sites excluding steroid dienone is 2. The molecule has 0 saturated carbocycles. The second-order valence-corrected chi connectivity index (χ2v) is 11.0. The van der Waals surface area contributed by atoms with Crippen molar-refractivity contribution < 1.29 is 19.5 Å². The molecule has 0 saturated heterocycles. The first-order chi connectivity index (χ1) is 14.5. The fourth-order valence-electron chi connectivity index (χ4n) is 4.92. The third-order valence-corrected chi connectivity index (χ3v) is 8.86. The number of aliphatic carboxylic acids is 1. The summed E-state index contributed by atoms with van der Waals surface area (Å²) in [5, 5.41) is 13.0. The van der Waals surface area contributed by atoms with Crippen LogP contribution in [0.2, 0.25) is 0 Å². The first-order valence-corrected chi connectivity index (χ1v) is 11.9. The van der Waals surface area contributed by atoms with Gasteiger partial charge in [0.2, 0.25) is 5.91 Å². The van der Waals surface area contributed by atoms with Crippen molar-refractivity contribution in [3.8, 4) is 0 Å². The van der Waals surface area contributed by atoms with Gasteiger partial charge in [0.25, 0.3) is 5.91 Å². The average Bonchev–Trinajstić information content (AvgIpc) is 3.06. The molecule has 2 aliphatic rings. The minimum absolute atomic E-state index is 0.205. The topological polar surface area (TPSA) is 109 Å². The molecule has 0 spiro atoms. The molecule has 0 unspecified atom stereocenters. The van der Waals surface area contributed by atoms with E-state index in [0.717, 1.165) is 47.3 Å². The van der Waals surface area contributed by atoms with E-state index in [0.29, 0.717) is 29.3 Å². The van der Waals surface area contributed by atoms with Crippen molar-refractivity contribution >= 4 is 34.1 Å². The molecule has 170 valence electrons. The molecule has 2 amide bonds. The van der Waals surface area contributed by atoms with Gasteiger partial charge in [-0.05, 0) is 62.8 Å². The summed E-state index contributed by atoms with van der Waals surface area (Å²) in [6.07, 6.45) is 4.50. The Morgan fingerprint density at radius 1 is 1.13 bits per heavy atom. The standard InChI is InChI=1S/C24H34N2O4S/c1-6-24(4,5)14-7-8-15-18(11-14)31-22(19(15)20(25)27)26-21(28)16-9-12(2)13(3)10-17(16)23(29)30/h14,16-17H,6-11H2,1-5H3,(H2,25,27)(H,26,28)(H,29,30)/t14-,16-,17+/m1/s1. The van der Waals surface area contributed by atoms with Crippen LogP contribution < -0.4 is 11.1 Å². The number of carbonyl (C=O) groups is 3. The van der Waals surface area contributed by atoms with Crippen LogP contribution in [0.3, 0.4) is 0 Å². The van der Waals surface area contributed by atoms with Crippen molar-refractivity contribution in [2.45, 2.75) is 73.1 Å². The molecule has 1 aromatic heterocycles. The highest BCUT2D eigenvalue weighted by Gasteiger charge is 2.39. The Bertz CT molecular complexity index is 944. The Morgan fingerprint density at radius 3 is 2.29 bits per heavy atom. The van der Waals surface area contributed by atoms with Crippen LogP contribution in [0.5, 0.6) is 0 Å². The van der Waals surface area contributed by atoms with Gasteiger partial charge in [-0.25, -0.2) is 0 Å². The van der Waals surface area contributed by atoms with E-state index in [4.69, 9.17) is 5.73 Å². The summed E-state index contributed by atoms with van der Waals surface area (Å²) >= 11 is 1.43. The van der Waals surface area contributed by atoms with Crippen LogP contribution in [0.15, 0.2) is 11.1 Å². The summed E-state index contributed by atoms with van der Waals surface area (Å²) in [6, 6.07) is 0. The lowest BCUT2D eigenvalue weighted by atomic mass is 9.69. The molecule has 31 heavy (non-hydrogen) atoms. The van der Waals surface area contributed by atoms with Crippen molar-refractivity contribution in [2.75, 3.05) is 5.32 Å². The van der Waals surface area contributed by atoms with Crippen LogP contribution in [-0.2, 0) is 22.4 Å². The molecule has 0 aliphatic heterocycles. The maximum Gasteiger partial charge on any atom is 0.307 e. The van der Waals surface area contributed by atoms with Crippen LogP contribution in [-0.4, -0.2) is 22.9 Å². The minimum atomic E-state index is -0.961. The number of anilines is 1. The van der Waals surface area contributed by atoms with Gasteiger partial charge < -0.3 is 16.2 Å². The Morgan fingerprint density at radius 2 is 1.74 bits per heavy atom. The lowest BCUT2D eigenvalue weighted by Crippen LogP contribution is -2.36. The molecule has 0 aromatic carbocycles. The van der Waals surface area contributed by atoms with Gasteiger partial charge in [0.05, 0.1) is 17.4 Å². The van der Waals surface area contributed by atoms with Crippen LogP contribution in [0.25, 0.3) is 0 Å². The van der Waals surface area contributed by atoms with Crippen molar-refractivity contribution in [1.29, 1.82) is 0 Å². The van der Waals surface area contributed by atoms with Gasteiger partial charge in [-0.15, -0.1) is 11.3 Å². The van der Waals surface area contributed by atoms with Gasteiger partial charge in [0.15, 0.2) is 0 Å². The molecule has 2 aliphatic carbocycles. The zero-order valence-electron chi connectivity index (χ0n) is 19.1. The zero-order valence-corrected chi connectivity index (χ0v) is 19.9. The maximum absolute atomic E-state index is 13.1. The predicted octanol–water partition coefficient (Wildman–Crippen LogP) is 4.77. The third kappa shape index (κ3) is 4.56. The lowest BCUT2D eigenvalue weighted by molar-refractivity contribution is -0.146. The number of hydrogen-bond donors (Lipinski definition) is 3. The van der Waals surface area contributed by atoms with E-state index in [-0.39, 0.29) is 11.3 Å². The van der Waals surface area contributed by atoms with E-state index in [1.54, 1.807) is 0 Å². The number of hydrogen-bond acceptors (Lipinski definition) is 4. The number of nitrogens with one attached hydrogen (secondary N) is 1. The summed E-state index contributed by atoms with van der Waals surface area (Å²) in [4.78, 5) is 38.4. The molecule has 0 fully saturated rings. The number of primary amides is 1. The molecule has 0 bridgehead atoms. The highest BCUT2D eigenvalue weighted by Crippen LogP contribution is 2.46. The number of carboxylic acids is 1. The van der Waals surface area contributed by atoms with Crippen LogP contribution >= 0.6 is 11.3 Å². The van der Waals surface area contributed by atoms with E-state index >= 15 is 0 Å². The Hall–Kier alpha value is -2.15. The number of amides is 2. The largest absolute Gasteiger partial charge is 0.481 e. The van der Waals surface area contributed by atoms with Crippen LogP contribution in [0, 0.1) is 23.2 Å².